The molecule has 0 bridgehead atoms. The van der Waals surface area contributed by atoms with Crippen LogP contribution in [-0.2, 0) is 4.79 Å². The maximum atomic E-state index is 11.9. The number of carbonyl (C=O) groups is 2. The second-order valence-electron chi connectivity index (χ2n) is 4.33. The highest BCUT2D eigenvalue weighted by Crippen LogP contribution is 2.16. The zero-order valence-corrected chi connectivity index (χ0v) is 11.6. The van der Waals surface area contributed by atoms with Crippen molar-refractivity contribution in [1.82, 2.24) is 10.7 Å². The van der Waals surface area contributed by atoms with E-state index in [2.05, 4.69) is 10.7 Å². The molecule has 1 rings (SSSR count). The largest absolute Gasteiger partial charge is 0.496 e. The fourth-order valence-electron chi connectivity index (χ4n) is 1.79. The van der Waals surface area contributed by atoms with Crippen molar-refractivity contribution < 1.29 is 14.3 Å². The summed E-state index contributed by atoms with van der Waals surface area (Å²) < 4.78 is 5.13. The summed E-state index contributed by atoms with van der Waals surface area (Å²) in [5.74, 6) is 5.22. The number of hydrazine groups is 1. The lowest BCUT2D eigenvalue weighted by Gasteiger charge is -2.08. The van der Waals surface area contributed by atoms with Crippen molar-refractivity contribution in [2.75, 3.05) is 13.7 Å². The molecule has 0 heterocycles. The van der Waals surface area contributed by atoms with Gasteiger partial charge in [-0.25, -0.2) is 5.84 Å². The molecule has 0 aromatic heterocycles. The lowest BCUT2D eigenvalue weighted by atomic mass is 10.1. The Kier molecular flexibility index (Phi) is 7.13. The molecule has 110 valence electrons. The van der Waals surface area contributed by atoms with Crippen LogP contribution in [0.3, 0.4) is 0 Å². The maximum Gasteiger partial charge on any atom is 0.255 e. The third-order valence-electron chi connectivity index (χ3n) is 2.88. The molecule has 2 amide bonds. The molecule has 4 N–H and O–H groups in total. The number of nitrogens with two attached hydrogens (primary N) is 1. The van der Waals surface area contributed by atoms with Gasteiger partial charge in [-0.15, -0.1) is 0 Å². The molecular formula is C14H21N3O3. The van der Waals surface area contributed by atoms with Crippen LogP contribution in [0.15, 0.2) is 24.3 Å². The Morgan fingerprint density at radius 2 is 1.95 bits per heavy atom. The van der Waals surface area contributed by atoms with Crippen LogP contribution in [0.5, 0.6) is 5.75 Å². The van der Waals surface area contributed by atoms with Crippen molar-refractivity contribution in [1.29, 1.82) is 0 Å². The van der Waals surface area contributed by atoms with E-state index in [0.717, 1.165) is 19.3 Å². The lowest BCUT2D eigenvalue weighted by molar-refractivity contribution is -0.121. The molecule has 6 nitrogen and oxygen atoms in total. The fourth-order valence-corrected chi connectivity index (χ4v) is 1.79. The molecule has 0 aliphatic heterocycles. The average Bonchev–Trinajstić information content (AvgIpc) is 2.49. The van der Waals surface area contributed by atoms with Gasteiger partial charge in [-0.1, -0.05) is 18.6 Å². The smallest absolute Gasteiger partial charge is 0.255 e. The van der Waals surface area contributed by atoms with Gasteiger partial charge in [-0.3, -0.25) is 15.0 Å². The number of unbranched alkanes of at least 4 members (excludes halogenated alkanes) is 2. The second kappa shape index (κ2) is 8.92. The van der Waals surface area contributed by atoms with Crippen LogP contribution in [0.25, 0.3) is 0 Å². The molecular weight excluding hydrogens is 258 g/mol. The van der Waals surface area contributed by atoms with E-state index in [1.54, 1.807) is 18.2 Å². The van der Waals surface area contributed by atoms with Crippen LogP contribution in [0.2, 0.25) is 0 Å². The number of hydrogen-bond donors (Lipinski definition) is 3. The summed E-state index contributed by atoms with van der Waals surface area (Å²) in [6, 6.07) is 7.08. The van der Waals surface area contributed by atoms with Crippen LogP contribution in [0.4, 0.5) is 0 Å². The highest BCUT2D eigenvalue weighted by Gasteiger charge is 2.10. The maximum absolute atomic E-state index is 11.9. The second-order valence-corrected chi connectivity index (χ2v) is 4.33. The summed E-state index contributed by atoms with van der Waals surface area (Å²) in [4.78, 5) is 22.8. The molecule has 0 aliphatic carbocycles. The van der Waals surface area contributed by atoms with Gasteiger partial charge in [-0.05, 0) is 25.0 Å². The van der Waals surface area contributed by atoms with E-state index in [1.165, 1.54) is 7.11 Å². The fraction of sp³-hybridized carbons (Fsp3) is 0.429. The Labute approximate surface area is 118 Å². The number of para-hydroxylation sites is 1. The van der Waals surface area contributed by atoms with Crippen LogP contribution < -0.4 is 21.3 Å². The summed E-state index contributed by atoms with van der Waals surface area (Å²) in [5.41, 5.74) is 2.61. The minimum absolute atomic E-state index is 0.151. The van der Waals surface area contributed by atoms with Crippen LogP contribution in [-0.4, -0.2) is 25.5 Å². The van der Waals surface area contributed by atoms with Gasteiger partial charge in [0.1, 0.15) is 5.75 Å². The van der Waals surface area contributed by atoms with Crippen molar-refractivity contribution in [3.05, 3.63) is 29.8 Å². The van der Waals surface area contributed by atoms with E-state index in [0.29, 0.717) is 24.3 Å². The summed E-state index contributed by atoms with van der Waals surface area (Å²) in [7, 11) is 1.54. The quantitative estimate of drug-likeness (QED) is 0.286. The predicted molar refractivity (Wildman–Crippen MR) is 76.1 cm³/mol. The van der Waals surface area contributed by atoms with Gasteiger partial charge in [0.2, 0.25) is 5.91 Å². The SMILES string of the molecule is COc1ccccc1C(=O)NCCCCCC(=O)NN. The summed E-state index contributed by atoms with van der Waals surface area (Å²) in [5, 5.41) is 2.83. The first-order chi connectivity index (χ1) is 9.69. The Bertz CT molecular complexity index is 449. The molecule has 6 heteroatoms. The Morgan fingerprint density at radius 1 is 1.20 bits per heavy atom. The van der Waals surface area contributed by atoms with Gasteiger partial charge >= 0.3 is 0 Å². The molecule has 0 saturated heterocycles. The topological polar surface area (TPSA) is 93.4 Å². The number of amides is 2. The molecule has 0 saturated carbocycles. The molecule has 0 spiro atoms. The number of methoxy groups -OCH3 is 1. The Hall–Kier alpha value is -2.08. The van der Waals surface area contributed by atoms with Gasteiger partial charge in [0, 0.05) is 13.0 Å². The zero-order valence-electron chi connectivity index (χ0n) is 11.6. The van der Waals surface area contributed by atoms with Gasteiger partial charge in [0.15, 0.2) is 0 Å². The molecule has 0 unspecified atom stereocenters. The first kappa shape index (κ1) is 16.0. The number of benzene rings is 1. The number of rotatable bonds is 8. The van der Waals surface area contributed by atoms with Crippen molar-refractivity contribution >= 4 is 11.8 Å². The van der Waals surface area contributed by atoms with Gasteiger partial charge in [-0.2, -0.15) is 0 Å². The first-order valence-electron chi connectivity index (χ1n) is 6.59. The zero-order chi connectivity index (χ0) is 14.8. The van der Waals surface area contributed by atoms with Crippen molar-refractivity contribution in [3.63, 3.8) is 0 Å². The van der Waals surface area contributed by atoms with Crippen LogP contribution in [0.1, 0.15) is 36.0 Å². The van der Waals surface area contributed by atoms with Gasteiger partial charge < -0.3 is 10.1 Å². The molecule has 0 fully saturated rings. The highest BCUT2D eigenvalue weighted by atomic mass is 16.5. The third-order valence-corrected chi connectivity index (χ3v) is 2.88. The van der Waals surface area contributed by atoms with Crippen LogP contribution >= 0.6 is 0 Å². The minimum atomic E-state index is -0.164. The number of hydrogen-bond acceptors (Lipinski definition) is 4. The average molecular weight is 279 g/mol. The lowest BCUT2D eigenvalue weighted by Crippen LogP contribution is -2.29. The number of carbonyl (C=O) groups excluding carboxylic acids is 2. The first-order valence-corrected chi connectivity index (χ1v) is 6.59. The van der Waals surface area contributed by atoms with Crippen LogP contribution in [0, 0.1) is 0 Å². The third kappa shape index (κ3) is 5.27. The number of ether oxygens (including phenoxy) is 1. The predicted octanol–water partition coefficient (Wildman–Crippen LogP) is 0.975. The van der Waals surface area contributed by atoms with E-state index in [-0.39, 0.29) is 11.8 Å². The molecule has 0 aliphatic rings. The molecule has 0 radical (unpaired) electrons. The molecule has 1 aromatic rings. The minimum Gasteiger partial charge on any atom is -0.496 e. The molecule has 1 aromatic carbocycles. The van der Waals surface area contributed by atoms with Crippen molar-refractivity contribution in [2.45, 2.75) is 25.7 Å². The molecule has 0 atom stereocenters. The van der Waals surface area contributed by atoms with E-state index >= 15 is 0 Å². The summed E-state index contributed by atoms with van der Waals surface area (Å²) in [6.45, 7) is 0.571. The monoisotopic (exact) mass is 279 g/mol. The standard InChI is InChI=1S/C14H21N3O3/c1-20-12-8-5-4-7-11(12)14(19)16-10-6-2-3-9-13(18)17-15/h4-5,7-8H,2-3,6,9-10,15H2,1H3,(H,16,19)(H,17,18). The van der Waals surface area contributed by atoms with E-state index in [4.69, 9.17) is 10.6 Å². The summed E-state index contributed by atoms with van der Waals surface area (Å²) >= 11 is 0. The van der Waals surface area contributed by atoms with Crippen molar-refractivity contribution in [3.8, 4) is 5.75 Å². The Morgan fingerprint density at radius 3 is 2.65 bits per heavy atom. The van der Waals surface area contributed by atoms with E-state index < -0.39 is 0 Å². The van der Waals surface area contributed by atoms with E-state index in [1.807, 2.05) is 6.07 Å². The van der Waals surface area contributed by atoms with Gasteiger partial charge in [0.05, 0.1) is 12.7 Å². The highest BCUT2D eigenvalue weighted by molar-refractivity contribution is 5.96. The van der Waals surface area contributed by atoms with Gasteiger partial charge in [0.25, 0.3) is 5.91 Å². The van der Waals surface area contributed by atoms with E-state index in [9.17, 15) is 9.59 Å². The number of nitrogens with one attached hydrogen (secondary N) is 2. The Balaban J connectivity index is 2.25. The summed E-state index contributed by atoms with van der Waals surface area (Å²) in [6.07, 6.45) is 2.85. The van der Waals surface area contributed by atoms with Crippen molar-refractivity contribution in [2.24, 2.45) is 5.84 Å². The molecule has 20 heavy (non-hydrogen) atoms. The normalized spacial score (nSPS) is 9.90.